The lowest BCUT2D eigenvalue weighted by Crippen LogP contribution is -2.49. The third-order valence-corrected chi connectivity index (χ3v) is 9.61. The van der Waals surface area contributed by atoms with E-state index in [1.807, 2.05) is 19.1 Å². The van der Waals surface area contributed by atoms with Crippen LogP contribution in [0.15, 0.2) is 47.5 Å². The predicted molar refractivity (Wildman–Crippen MR) is 175 cm³/mol. The van der Waals surface area contributed by atoms with Crippen molar-refractivity contribution in [2.24, 2.45) is 0 Å². The van der Waals surface area contributed by atoms with Crippen molar-refractivity contribution in [2.75, 3.05) is 44.2 Å². The van der Waals surface area contributed by atoms with E-state index >= 15 is 0 Å². The summed E-state index contributed by atoms with van der Waals surface area (Å²) in [5, 5.41) is 3.04. The minimum Gasteiger partial charge on any atom is -0.354 e. The summed E-state index contributed by atoms with van der Waals surface area (Å²) in [5.41, 5.74) is 1.66. The molecule has 0 spiro atoms. The van der Waals surface area contributed by atoms with Gasteiger partial charge in [0.15, 0.2) is 0 Å². The van der Waals surface area contributed by atoms with Gasteiger partial charge in [0, 0.05) is 45.0 Å². The minimum atomic E-state index is -3.64. The number of aromatic nitrogens is 1. The van der Waals surface area contributed by atoms with Gasteiger partial charge >= 0.3 is 0 Å². The second-order valence-corrected chi connectivity index (χ2v) is 13.7. The van der Waals surface area contributed by atoms with Crippen molar-refractivity contribution in [1.29, 1.82) is 0 Å². The summed E-state index contributed by atoms with van der Waals surface area (Å²) in [6.07, 6.45) is 15.4. The summed E-state index contributed by atoms with van der Waals surface area (Å²) >= 11 is 0. The van der Waals surface area contributed by atoms with E-state index in [1.54, 1.807) is 30.5 Å². The van der Waals surface area contributed by atoms with Crippen LogP contribution in [0.1, 0.15) is 107 Å². The van der Waals surface area contributed by atoms with Gasteiger partial charge in [-0.1, -0.05) is 81.9 Å². The Labute approximate surface area is 260 Å². The summed E-state index contributed by atoms with van der Waals surface area (Å²) in [4.78, 5) is 22.0. The van der Waals surface area contributed by atoms with Gasteiger partial charge in [0.2, 0.25) is 0 Å². The van der Waals surface area contributed by atoms with Crippen molar-refractivity contribution in [3.05, 3.63) is 53.7 Å². The highest BCUT2D eigenvalue weighted by molar-refractivity contribution is 7.86. The van der Waals surface area contributed by atoms with Gasteiger partial charge in [-0.2, -0.15) is 8.42 Å². The number of nitrogens with zero attached hydrogens (tertiary/aromatic N) is 3. The molecule has 1 aliphatic heterocycles. The Morgan fingerprint density at radius 2 is 1.37 bits per heavy atom. The molecule has 0 bridgehead atoms. The number of anilines is 1. The quantitative estimate of drug-likeness (QED) is 0.131. The van der Waals surface area contributed by atoms with Crippen LogP contribution in [-0.2, 0) is 14.3 Å². The molecular formula is C34H54N4O4S. The Morgan fingerprint density at radius 3 is 1.91 bits per heavy atom. The normalized spacial score (nSPS) is 14.4. The van der Waals surface area contributed by atoms with Crippen molar-refractivity contribution in [3.63, 3.8) is 0 Å². The molecule has 1 fully saturated rings. The number of pyridine rings is 1. The van der Waals surface area contributed by atoms with Crippen LogP contribution in [0.3, 0.4) is 0 Å². The van der Waals surface area contributed by atoms with E-state index in [4.69, 9.17) is 4.18 Å². The number of hydrogen-bond donors (Lipinski definition) is 1. The van der Waals surface area contributed by atoms with E-state index < -0.39 is 10.1 Å². The molecule has 43 heavy (non-hydrogen) atoms. The Morgan fingerprint density at radius 1 is 0.814 bits per heavy atom. The molecule has 1 aliphatic rings. The molecule has 0 aliphatic carbocycles. The fourth-order valence-corrected chi connectivity index (χ4v) is 6.36. The number of rotatable bonds is 20. The zero-order valence-electron chi connectivity index (χ0n) is 26.7. The van der Waals surface area contributed by atoms with Crippen molar-refractivity contribution in [1.82, 2.24) is 15.2 Å². The van der Waals surface area contributed by atoms with Gasteiger partial charge < -0.3 is 10.2 Å². The van der Waals surface area contributed by atoms with E-state index in [1.165, 1.54) is 44.9 Å². The second-order valence-electron chi connectivity index (χ2n) is 12.1. The van der Waals surface area contributed by atoms with Crippen molar-refractivity contribution >= 4 is 21.8 Å². The first-order valence-corrected chi connectivity index (χ1v) is 17.9. The minimum absolute atomic E-state index is 0.0384. The highest BCUT2D eigenvalue weighted by atomic mass is 32.2. The number of carbonyl (C=O) groups excluding carboxylic acids is 1. The number of nitrogens with one attached hydrogen (secondary N) is 1. The Balaban J connectivity index is 1.10. The van der Waals surface area contributed by atoms with Crippen LogP contribution in [0.4, 0.5) is 5.82 Å². The van der Waals surface area contributed by atoms with Gasteiger partial charge in [-0.3, -0.25) is 13.9 Å². The van der Waals surface area contributed by atoms with Crippen LogP contribution in [0.2, 0.25) is 0 Å². The van der Waals surface area contributed by atoms with Crippen LogP contribution in [0.25, 0.3) is 0 Å². The van der Waals surface area contributed by atoms with Crippen molar-refractivity contribution in [3.8, 4) is 0 Å². The molecule has 0 unspecified atom stereocenters. The molecule has 3 rings (SSSR count). The van der Waals surface area contributed by atoms with Crippen LogP contribution >= 0.6 is 0 Å². The molecule has 2 aromatic rings. The largest absolute Gasteiger partial charge is 0.354 e. The van der Waals surface area contributed by atoms with E-state index in [9.17, 15) is 13.2 Å². The third kappa shape index (κ3) is 13.0. The van der Waals surface area contributed by atoms with Crippen molar-refractivity contribution < 1.29 is 17.4 Å². The molecule has 1 N–H and O–H groups in total. The standard InChI is InChI=1S/C34H54N4O4S/c1-29(2)37-23-25-38(26-24-37)33-21-18-31(28-36-33)34(39)35-22-14-12-10-8-6-4-5-7-9-11-13-15-27-42-43(40,41)32-19-16-30(3)17-20-32/h16-21,28-29H,4-15,22-27H2,1-3H3,(H,35,39). The predicted octanol–water partition coefficient (Wildman–Crippen LogP) is 6.74. The molecule has 0 saturated carbocycles. The first kappa shape index (κ1) is 35.0. The lowest BCUT2D eigenvalue weighted by Gasteiger charge is -2.37. The van der Waals surface area contributed by atoms with E-state index in [0.717, 1.165) is 69.7 Å². The number of piperazine rings is 1. The smallest absolute Gasteiger partial charge is 0.296 e. The highest BCUT2D eigenvalue weighted by Crippen LogP contribution is 2.17. The van der Waals surface area contributed by atoms with Crippen LogP contribution < -0.4 is 10.2 Å². The first-order valence-electron chi connectivity index (χ1n) is 16.5. The highest BCUT2D eigenvalue weighted by Gasteiger charge is 2.20. The Kier molecular flexibility index (Phi) is 15.5. The molecular weight excluding hydrogens is 560 g/mol. The van der Waals surface area contributed by atoms with Gasteiger partial charge in [-0.25, -0.2) is 4.98 Å². The molecule has 1 saturated heterocycles. The molecule has 1 amide bonds. The molecule has 9 heteroatoms. The zero-order valence-corrected chi connectivity index (χ0v) is 27.5. The summed E-state index contributed by atoms with van der Waals surface area (Å²) in [6.45, 7) is 11.4. The SMILES string of the molecule is Cc1ccc(S(=O)(=O)OCCCCCCCCCCCCCCNC(=O)c2ccc(N3CCN(C(C)C)CC3)nc2)cc1. The number of hydrogen-bond acceptors (Lipinski definition) is 7. The van der Waals surface area contributed by atoms with Crippen LogP contribution in [0.5, 0.6) is 0 Å². The fourth-order valence-electron chi connectivity index (χ4n) is 5.42. The molecule has 0 atom stereocenters. The lowest BCUT2D eigenvalue weighted by atomic mass is 10.1. The Hall–Kier alpha value is -2.49. The summed E-state index contributed by atoms with van der Waals surface area (Å²) < 4.78 is 29.5. The number of benzene rings is 1. The first-order chi connectivity index (χ1) is 20.8. The number of amides is 1. The van der Waals surface area contributed by atoms with Crippen LogP contribution in [0, 0.1) is 6.92 Å². The topological polar surface area (TPSA) is 91.8 Å². The maximum Gasteiger partial charge on any atom is 0.296 e. The van der Waals surface area contributed by atoms with Gasteiger partial charge in [0.25, 0.3) is 16.0 Å². The van der Waals surface area contributed by atoms with Crippen molar-refractivity contribution in [2.45, 2.75) is 109 Å². The maximum atomic E-state index is 12.5. The molecule has 2 heterocycles. The fraction of sp³-hybridized carbons (Fsp3) is 0.647. The second kappa shape index (κ2) is 19.0. The number of unbranched alkanes of at least 4 members (excludes halogenated alkanes) is 11. The Bertz CT molecular complexity index is 1160. The average molecular weight is 615 g/mol. The zero-order chi connectivity index (χ0) is 30.9. The summed E-state index contributed by atoms with van der Waals surface area (Å²) in [5.74, 6) is 0.915. The van der Waals surface area contributed by atoms with Gasteiger partial charge in [-0.05, 0) is 57.9 Å². The lowest BCUT2D eigenvalue weighted by molar-refractivity contribution is 0.0952. The summed E-state index contributed by atoms with van der Waals surface area (Å²) in [7, 11) is -3.64. The van der Waals surface area contributed by atoms with E-state index in [2.05, 4.69) is 33.9 Å². The number of carbonyl (C=O) groups is 1. The van der Waals surface area contributed by atoms with Gasteiger partial charge in [-0.15, -0.1) is 0 Å². The van der Waals surface area contributed by atoms with Gasteiger partial charge in [0.1, 0.15) is 5.82 Å². The average Bonchev–Trinajstić information content (AvgIpc) is 3.01. The monoisotopic (exact) mass is 614 g/mol. The number of aryl methyl sites for hydroxylation is 1. The molecule has 1 aromatic heterocycles. The third-order valence-electron chi connectivity index (χ3n) is 8.28. The van der Waals surface area contributed by atoms with Crippen LogP contribution in [-0.4, -0.2) is 69.6 Å². The molecule has 240 valence electrons. The van der Waals surface area contributed by atoms with E-state index in [-0.39, 0.29) is 17.4 Å². The van der Waals surface area contributed by atoms with Gasteiger partial charge in [0.05, 0.1) is 17.1 Å². The summed E-state index contributed by atoms with van der Waals surface area (Å²) in [6, 6.07) is 11.2. The molecule has 8 nitrogen and oxygen atoms in total. The van der Waals surface area contributed by atoms with E-state index in [0.29, 0.717) is 18.2 Å². The molecule has 1 aromatic carbocycles. The maximum absolute atomic E-state index is 12.5. The molecule has 0 radical (unpaired) electrons.